The maximum Gasteiger partial charge on any atom is 0.255 e. The van der Waals surface area contributed by atoms with E-state index in [1.54, 1.807) is 30.5 Å². The van der Waals surface area contributed by atoms with E-state index in [1.165, 1.54) is 24.5 Å². The van der Waals surface area contributed by atoms with Crippen LogP contribution in [-0.2, 0) is 0 Å². The number of halogens is 1. The largest absolute Gasteiger partial charge is 0.383 e. The standard InChI is InChI=1S/C21H14FN5O/c22-16-5-2-4-14(10-16)21(28)27-17-6-1-3-13(9-17)7-8-15-11-24-20-18(15)19(23)25-12-26-20/h1-6,9-12H,(H,27,28)(H3,23,24,25,26). The van der Waals surface area contributed by atoms with Crippen LogP contribution in [-0.4, -0.2) is 20.9 Å². The Morgan fingerprint density at radius 1 is 1.11 bits per heavy atom. The lowest BCUT2D eigenvalue weighted by Gasteiger charge is -2.05. The summed E-state index contributed by atoms with van der Waals surface area (Å²) in [6.07, 6.45) is 3.11. The second kappa shape index (κ2) is 7.21. The smallest absolute Gasteiger partial charge is 0.255 e. The Hall–Kier alpha value is -4.18. The lowest BCUT2D eigenvalue weighted by atomic mass is 10.1. The minimum Gasteiger partial charge on any atom is -0.383 e. The van der Waals surface area contributed by atoms with Gasteiger partial charge in [0.2, 0.25) is 0 Å². The molecule has 0 radical (unpaired) electrons. The molecule has 136 valence electrons. The molecule has 0 unspecified atom stereocenters. The van der Waals surface area contributed by atoms with Crippen LogP contribution in [0.5, 0.6) is 0 Å². The highest BCUT2D eigenvalue weighted by Crippen LogP contribution is 2.20. The molecule has 0 aliphatic rings. The molecule has 0 fully saturated rings. The van der Waals surface area contributed by atoms with E-state index in [9.17, 15) is 9.18 Å². The van der Waals surface area contributed by atoms with Crippen LogP contribution in [0, 0.1) is 17.7 Å². The number of amides is 1. The van der Waals surface area contributed by atoms with Crippen molar-refractivity contribution < 1.29 is 9.18 Å². The van der Waals surface area contributed by atoms with Gasteiger partial charge >= 0.3 is 0 Å². The minimum absolute atomic E-state index is 0.241. The molecule has 4 rings (SSSR count). The molecule has 28 heavy (non-hydrogen) atoms. The van der Waals surface area contributed by atoms with Gasteiger partial charge in [-0.3, -0.25) is 4.79 Å². The lowest BCUT2D eigenvalue weighted by molar-refractivity contribution is 0.102. The fourth-order valence-electron chi connectivity index (χ4n) is 2.73. The first-order valence-electron chi connectivity index (χ1n) is 8.37. The van der Waals surface area contributed by atoms with E-state index in [0.29, 0.717) is 33.7 Å². The summed E-state index contributed by atoms with van der Waals surface area (Å²) in [4.78, 5) is 23.4. The Labute approximate surface area is 159 Å². The van der Waals surface area contributed by atoms with Crippen molar-refractivity contribution >= 4 is 28.4 Å². The fourth-order valence-corrected chi connectivity index (χ4v) is 2.73. The van der Waals surface area contributed by atoms with Gasteiger partial charge in [0.25, 0.3) is 5.91 Å². The van der Waals surface area contributed by atoms with Crippen LogP contribution in [0.4, 0.5) is 15.9 Å². The Morgan fingerprint density at radius 2 is 1.96 bits per heavy atom. The summed E-state index contributed by atoms with van der Waals surface area (Å²) in [5.41, 5.74) is 8.70. The van der Waals surface area contributed by atoms with Gasteiger partial charge in [0.1, 0.15) is 23.6 Å². The maximum absolute atomic E-state index is 13.3. The van der Waals surface area contributed by atoms with Crippen molar-refractivity contribution in [2.24, 2.45) is 0 Å². The molecule has 0 bridgehead atoms. The van der Waals surface area contributed by atoms with Gasteiger partial charge in [0, 0.05) is 23.0 Å². The summed E-state index contributed by atoms with van der Waals surface area (Å²) in [6.45, 7) is 0. The van der Waals surface area contributed by atoms with Gasteiger partial charge in [-0.25, -0.2) is 14.4 Å². The number of H-pyrrole nitrogens is 1. The Kier molecular flexibility index (Phi) is 4.44. The Morgan fingerprint density at radius 3 is 2.82 bits per heavy atom. The number of nitrogens with zero attached hydrogens (tertiary/aromatic N) is 2. The number of rotatable bonds is 2. The number of carbonyl (C=O) groups excluding carboxylic acids is 1. The number of hydrogen-bond acceptors (Lipinski definition) is 4. The van der Waals surface area contributed by atoms with Gasteiger partial charge in [0.15, 0.2) is 0 Å². The average Bonchev–Trinajstić information content (AvgIpc) is 3.11. The average molecular weight is 371 g/mol. The lowest BCUT2D eigenvalue weighted by Crippen LogP contribution is -2.12. The van der Waals surface area contributed by atoms with Crippen molar-refractivity contribution in [3.05, 3.63) is 83.6 Å². The number of nitrogens with two attached hydrogens (primary N) is 1. The quantitative estimate of drug-likeness (QED) is 0.471. The Bertz CT molecular complexity index is 1250. The van der Waals surface area contributed by atoms with Crippen molar-refractivity contribution in [2.45, 2.75) is 0 Å². The SMILES string of the molecule is Nc1ncnc2[nH]cc(C#Cc3cccc(NC(=O)c4cccc(F)c4)c3)c12. The Balaban J connectivity index is 1.58. The molecule has 0 saturated carbocycles. The first kappa shape index (κ1) is 17.2. The number of hydrogen-bond donors (Lipinski definition) is 3. The van der Waals surface area contributed by atoms with Crippen molar-refractivity contribution in [3.8, 4) is 11.8 Å². The number of nitrogen functional groups attached to an aromatic ring is 1. The molecule has 4 aromatic rings. The predicted molar refractivity (Wildman–Crippen MR) is 105 cm³/mol. The predicted octanol–water partition coefficient (Wildman–Crippen LogP) is 3.33. The molecule has 2 aromatic heterocycles. The second-order valence-corrected chi connectivity index (χ2v) is 5.98. The molecule has 4 N–H and O–H groups in total. The van der Waals surface area contributed by atoms with Gasteiger partial charge in [-0.2, -0.15) is 0 Å². The fraction of sp³-hybridized carbons (Fsp3) is 0. The van der Waals surface area contributed by atoms with E-state index >= 15 is 0 Å². The van der Waals surface area contributed by atoms with Gasteiger partial charge in [-0.15, -0.1) is 0 Å². The number of benzene rings is 2. The molecule has 7 heteroatoms. The molecule has 0 aliphatic heterocycles. The van der Waals surface area contributed by atoms with Gasteiger partial charge in [-0.1, -0.05) is 24.0 Å². The van der Waals surface area contributed by atoms with Crippen LogP contribution in [0.1, 0.15) is 21.5 Å². The number of carbonyl (C=O) groups is 1. The highest BCUT2D eigenvalue weighted by atomic mass is 19.1. The molecule has 0 spiro atoms. The topological polar surface area (TPSA) is 96.7 Å². The van der Waals surface area contributed by atoms with Crippen molar-refractivity contribution in [1.82, 2.24) is 15.0 Å². The summed E-state index contributed by atoms with van der Waals surface area (Å²) >= 11 is 0. The van der Waals surface area contributed by atoms with Crippen LogP contribution < -0.4 is 11.1 Å². The van der Waals surface area contributed by atoms with Crippen LogP contribution in [0.15, 0.2) is 61.1 Å². The van der Waals surface area contributed by atoms with Crippen LogP contribution in [0.2, 0.25) is 0 Å². The van der Waals surface area contributed by atoms with E-state index in [4.69, 9.17) is 5.73 Å². The van der Waals surface area contributed by atoms with Gasteiger partial charge < -0.3 is 16.0 Å². The molecule has 1 amide bonds. The van der Waals surface area contributed by atoms with E-state index < -0.39 is 11.7 Å². The van der Waals surface area contributed by atoms with Crippen LogP contribution in [0.25, 0.3) is 11.0 Å². The first-order chi connectivity index (χ1) is 13.6. The zero-order chi connectivity index (χ0) is 19.5. The molecule has 2 aromatic carbocycles. The zero-order valence-electron chi connectivity index (χ0n) is 14.5. The summed E-state index contributed by atoms with van der Waals surface area (Å²) in [6, 6.07) is 12.6. The summed E-state index contributed by atoms with van der Waals surface area (Å²) < 4.78 is 13.3. The first-order valence-corrected chi connectivity index (χ1v) is 8.37. The maximum atomic E-state index is 13.3. The number of nitrogens with one attached hydrogen (secondary N) is 2. The number of aromatic amines is 1. The highest BCUT2D eigenvalue weighted by molar-refractivity contribution is 6.04. The van der Waals surface area contributed by atoms with E-state index in [2.05, 4.69) is 32.1 Å². The highest BCUT2D eigenvalue weighted by Gasteiger charge is 2.08. The van der Waals surface area contributed by atoms with Crippen LogP contribution in [0.3, 0.4) is 0 Å². The third-order valence-corrected chi connectivity index (χ3v) is 4.05. The normalized spacial score (nSPS) is 10.3. The van der Waals surface area contributed by atoms with Crippen molar-refractivity contribution in [2.75, 3.05) is 11.1 Å². The monoisotopic (exact) mass is 371 g/mol. The van der Waals surface area contributed by atoms with Crippen LogP contribution >= 0.6 is 0 Å². The molecular weight excluding hydrogens is 357 g/mol. The van der Waals surface area contributed by atoms with E-state index in [-0.39, 0.29) is 5.56 Å². The molecule has 2 heterocycles. The number of anilines is 2. The second-order valence-electron chi connectivity index (χ2n) is 5.98. The minimum atomic E-state index is -0.464. The zero-order valence-corrected chi connectivity index (χ0v) is 14.5. The molecule has 0 aliphatic carbocycles. The van der Waals surface area contributed by atoms with E-state index in [1.807, 2.05) is 6.07 Å². The number of fused-ring (bicyclic) bond motifs is 1. The number of aromatic nitrogens is 3. The molecule has 6 nitrogen and oxygen atoms in total. The summed E-state index contributed by atoms with van der Waals surface area (Å²) in [7, 11) is 0. The third-order valence-electron chi connectivity index (χ3n) is 4.05. The van der Waals surface area contributed by atoms with Gasteiger partial charge in [-0.05, 0) is 36.4 Å². The third kappa shape index (κ3) is 3.52. The summed E-state index contributed by atoms with van der Waals surface area (Å²) in [5.74, 6) is 5.57. The summed E-state index contributed by atoms with van der Waals surface area (Å²) in [5, 5.41) is 3.41. The van der Waals surface area contributed by atoms with Gasteiger partial charge in [0.05, 0.1) is 10.9 Å². The molecule has 0 atom stereocenters. The van der Waals surface area contributed by atoms with Crippen molar-refractivity contribution in [1.29, 1.82) is 0 Å². The molecular formula is C21H14FN5O. The molecule has 0 saturated heterocycles. The van der Waals surface area contributed by atoms with Crippen molar-refractivity contribution in [3.63, 3.8) is 0 Å². The van der Waals surface area contributed by atoms with E-state index in [0.717, 1.165) is 0 Å².